The second-order valence-corrected chi connectivity index (χ2v) is 14.6. The Kier molecular flexibility index (Phi) is 6.87. The van der Waals surface area contributed by atoms with Gasteiger partial charge in [-0.2, -0.15) is 4.98 Å². The van der Waals surface area contributed by atoms with E-state index >= 15 is 0 Å². The number of likely N-dealkylation sites (tertiary alicyclic amines) is 1. The normalized spacial score (nSPS) is 18.8. The first kappa shape index (κ1) is 23.4. The van der Waals surface area contributed by atoms with Crippen molar-refractivity contribution in [3.8, 4) is 11.4 Å². The number of aromatic nitrogens is 2. The predicted octanol–water partition coefficient (Wildman–Crippen LogP) is 4.48. The van der Waals surface area contributed by atoms with E-state index in [0.717, 1.165) is 30.6 Å². The van der Waals surface area contributed by atoms with Crippen LogP contribution < -0.4 is 0 Å². The summed E-state index contributed by atoms with van der Waals surface area (Å²) < 4.78 is 11.5. The third-order valence-electron chi connectivity index (χ3n) is 6.59. The minimum atomic E-state index is -1.84. The van der Waals surface area contributed by atoms with Gasteiger partial charge in [-0.25, -0.2) is 4.79 Å². The predicted molar refractivity (Wildman–Crippen MR) is 121 cm³/mol. The van der Waals surface area contributed by atoms with Gasteiger partial charge < -0.3 is 19.0 Å². The first-order valence-corrected chi connectivity index (χ1v) is 13.6. The van der Waals surface area contributed by atoms with Crippen LogP contribution in [0, 0.1) is 0 Å². The molecule has 0 saturated carbocycles. The fourth-order valence-corrected chi connectivity index (χ4v) is 5.04. The van der Waals surface area contributed by atoms with Gasteiger partial charge in [0.05, 0.1) is 12.1 Å². The molecule has 1 N–H and O–H groups in total. The van der Waals surface area contributed by atoms with Gasteiger partial charge in [0.2, 0.25) is 12.2 Å². The molecule has 2 heterocycles. The van der Waals surface area contributed by atoms with Crippen LogP contribution in [0.1, 0.15) is 38.8 Å². The number of rotatable bonds is 7. The summed E-state index contributed by atoms with van der Waals surface area (Å²) in [4.78, 5) is 19.6. The maximum Gasteiger partial charge on any atom is 0.407 e. The molecule has 1 aromatic carbocycles. The van der Waals surface area contributed by atoms with E-state index in [2.05, 4.69) is 48.9 Å². The van der Waals surface area contributed by atoms with E-state index in [4.69, 9.17) is 8.95 Å². The van der Waals surface area contributed by atoms with Crippen LogP contribution in [0.4, 0.5) is 4.79 Å². The highest BCUT2D eigenvalue weighted by molar-refractivity contribution is 6.74. The molecular weight excluding hydrogens is 412 g/mol. The maximum absolute atomic E-state index is 11.8. The lowest BCUT2D eigenvalue weighted by Gasteiger charge is -2.38. The number of nitrogens with zero attached hydrogens (tertiary/aromatic N) is 4. The number of amides is 1. The van der Waals surface area contributed by atoms with Crippen LogP contribution in [-0.2, 0) is 4.43 Å². The largest absolute Gasteiger partial charge is 0.465 e. The summed E-state index contributed by atoms with van der Waals surface area (Å²) in [6.45, 7) is 13.6. The van der Waals surface area contributed by atoms with Crippen molar-refractivity contribution in [2.45, 2.75) is 57.5 Å². The van der Waals surface area contributed by atoms with Crippen LogP contribution in [-0.4, -0.2) is 72.2 Å². The van der Waals surface area contributed by atoms with E-state index < -0.39 is 14.4 Å². The molecule has 3 rings (SSSR count). The average molecular weight is 447 g/mol. The molecule has 1 aliphatic heterocycles. The van der Waals surface area contributed by atoms with Crippen LogP contribution in [0.5, 0.6) is 0 Å². The lowest BCUT2D eigenvalue weighted by Crippen LogP contribution is -2.45. The van der Waals surface area contributed by atoms with Crippen molar-refractivity contribution < 1.29 is 18.9 Å². The molecule has 1 aromatic heterocycles. The number of hydrogen-bond acceptors (Lipinski definition) is 6. The molecule has 1 saturated heterocycles. The molecule has 9 heteroatoms. The van der Waals surface area contributed by atoms with E-state index in [1.807, 2.05) is 24.3 Å². The minimum absolute atomic E-state index is 0.169. The second-order valence-electron chi connectivity index (χ2n) is 9.84. The molecule has 0 aliphatic carbocycles. The van der Waals surface area contributed by atoms with Gasteiger partial charge in [0, 0.05) is 32.2 Å². The van der Waals surface area contributed by atoms with Gasteiger partial charge >= 0.3 is 6.09 Å². The Morgan fingerprint density at radius 2 is 2.16 bits per heavy atom. The standard InChI is InChI=1S/C22H34N4O4Si/c1-22(2,3)31(5,6)30-18-10-11-26(13-18)14-19(25(4)21(27)28)16-8-7-9-17(12-16)20-23-15-29-24-20/h7-9,12,15,18-19H,10-11,13-14H2,1-6H3,(H,27,28). The lowest BCUT2D eigenvalue weighted by molar-refractivity contribution is 0.121. The third kappa shape index (κ3) is 5.52. The first-order chi connectivity index (χ1) is 14.5. The lowest BCUT2D eigenvalue weighted by atomic mass is 10.0. The van der Waals surface area contributed by atoms with Crippen LogP contribution >= 0.6 is 0 Å². The summed E-state index contributed by atoms with van der Waals surface area (Å²) in [5, 5.41) is 13.7. The molecule has 0 bridgehead atoms. The summed E-state index contributed by atoms with van der Waals surface area (Å²) in [6.07, 6.45) is 1.50. The van der Waals surface area contributed by atoms with Gasteiger partial charge in [0.25, 0.3) is 0 Å². The fraction of sp³-hybridized carbons (Fsp3) is 0.591. The molecule has 1 fully saturated rings. The second kappa shape index (κ2) is 9.10. The van der Waals surface area contributed by atoms with E-state index in [1.54, 1.807) is 7.05 Å². The molecule has 170 valence electrons. The molecule has 1 amide bonds. The SMILES string of the molecule is CN(C(=O)O)C(CN1CCC(O[Si](C)(C)C(C)(C)C)C1)c1cccc(-c2ncon2)c1. The smallest absolute Gasteiger partial charge is 0.407 e. The van der Waals surface area contributed by atoms with Crippen molar-refractivity contribution in [1.29, 1.82) is 0 Å². The van der Waals surface area contributed by atoms with Crippen molar-refractivity contribution in [2.24, 2.45) is 0 Å². The van der Waals surface area contributed by atoms with E-state index in [-0.39, 0.29) is 17.2 Å². The minimum Gasteiger partial charge on any atom is -0.465 e. The van der Waals surface area contributed by atoms with Crippen molar-refractivity contribution >= 4 is 14.4 Å². The van der Waals surface area contributed by atoms with E-state index in [9.17, 15) is 9.90 Å². The average Bonchev–Trinajstić information content (AvgIpc) is 3.36. The van der Waals surface area contributed by atoms with Gasteiger partial charge in [-0.15, -0.1) is 0 Å². The molecule has 0 spiro atoms. The van der Waals surface area contributed by atoms with Gasteiger partial charge in [0.1, 0.15) is 0 Å². The Morgan fingerprint density at radius 3 is 2.77 bits per heavy atom. The van der Waals surface area contributed by atoms with Crippen molar-refractivity contribution in [3.05, 3.63) is 36.2 Å². The zero-order valence-corrected chi connectivity index (χ0v) is 20.3. The highest BCUT2D eigenvalue weighted by Crippen LogP contribution is 2.38. The molecule has 2 atom stereocenters. The molecule has 2 aromatic rings. The zero-order chi connectivity index (χ0) is 22.8. The molecule has 0 radical (unpaired) electrons. The van der Waals surface area contributed by atoms with Crippen molar-refractivity contribution in [3.63, 3.8) is 0 Å². The van der Waals surface area contributed by atoms with Crippen LogP contribution in [0.25, 0.3) is 11.4 Å². The molecule has 8 nitrogen and oxygen atoms in total. The van der Waals surface area contributed by atoms with Crippen molar-refractivity contribution in [1.82, 2.24) is 19.9 Å². The summed E-state index contributed by atoms with van der Waals surface area (Å²) in [6, 6.07) is 7.38. The number of carboxylic acid groups (broad SMARTS) is 1. The van der Waals surface area contributed by atoms with Gasteiger partial charge in [-0.3, -0.25) is 4.90 Å². The maximum atomic E-state index is 11.8. The Labute approximate surface area is 185 Å². The number of hydrogen-bond donors (Lipinski definition) is 1. The topological polar surface area (TPSA) is 91.9 Å². The van der Waals surface area contributed by atoms with Gasteiger partial charge in [-0.1, -0.05) is 44.1 Å². The Balaban J connectivity index is 1.75. The third-order valence-corrected chi connectivity index (χ3v) is 11.1. The van der Waals surface area contributed by atoms with Crippen LogP contribution in [0.2, 0.25) is 18.1 Å². The molecule has 2 unspecified atom stereocenters. The zero-order valence-electron chi connectivity index (χ0n) is 19.3. The highest BCUT2D eigenvalue weighted by Gasteiger charge is 2.41. The molecule has 1 aliphatic rings. The monoisotopic (exact) mass is 446 g/mol. The Hall–Kier alpha value is -2.23. The van der Waals surface area contributed by atoms with Crippen molar-refractivity contribution in [2.75, 3.05) is 26.7 Å². The van der Waals surface area contributed by atoms with E-state index in [0.29, 0.717) is 12.4 Å². The summed E-state index contributed by atoms with van der Waals surface area (Å²) in [5.41, 5.74) is 1.71. The quantitative estimate of drug-likeness (QED) is 0.627. The summed E-state index contributed by atoms with van der Waals surface area (Å²) >= 11 is 0. The Morgan fingerprint density at radius 1 is 1.42 bits per heavy atom. The Bertz CT molecular complexity index is 882. The number of benzene rings is 1. The summed E-state index contributed by atoms with van der Waals surface area (Å²) in [7, 11) is -0.217. The molecule has 31 heavy (non-hydrogen) atoms. The first-order valence-electron chi connectivity index (χ1n) is 10.7. The van der Waals surface area contributed by atoms with Crippen LogP contribution in [0.15, 0.2) is 35.2 Å². The molecular formula is C22H34N4O4Si. The fourth-order valence-electron chi connectivity index (χ4n) is 3.66. The van der Waals surface area contributed by atoms with Gasteiger partial charge in [0.15, 0.2) is 8.32 Å². The van der Waals surface area contributed by atoms with E-state index in [1.165, 1.54) is 11.3 Å². The highest BCUT2D eigenvalue weighted by atomic mass is 28.4. The summed E-state index contributed by atoms with van der Waals surface area (Å²) in [5.74, 6) is 0.489. The number of carbonyl (C=O) groups is 1. The number of likely N-dealkylation sites (N-methyl/N-ethyl adjacent to an activating group) is 1. The van der Waals surface area contributed by atoms with Crippen LogP contribution in [0.3, 0.4) is 0 Å². The van der Waals surface area contributed by atoms with Gasteiger partial charge in [-0.05, 0) is 36.2 Å².